The molecule has 0 aromatic heterocycles. The van der Waals surface area contributed by atoms with Gasteiger partial charge in [0.15, 0.2) is 0 Å². The second-order valence-corrected chi connectivity index (χ2v) is 6.18. The Bertz CT molecular complexity index is 455. The fraction of sp³-hybridized carbons (Fsp3) is 0.500. The van der Waals surface area contributed by atoms with Crippen LogP contribution in [-0.4, -0.2) is 42.1 Å². The fourth-order valence-electron chi connectivity index (χ4n) is 1.51. The molecule has 1 atom stereocenters. The summed E-state index contributed by atoms with van der Waals surface area (Å²) in [6, 6.07) is 2.90. The summed E-state index contributed by atoms with van der Waals surface area (Å²) in [6.45, 7) is 2.96. The molecule has 0 heterocycles. The van der Waals surface area contributed by atoms with Gasteiger partial charge in [0.25, 0.3) is 0 Å². The smallest absolute Gasteiger partial charge is 0.335 e. The van der Waals surface area contributed by atoms with Gasteiger partial charge >= 0.3 is 5.97 Å². The van der Waals surface area contributed by atoms with Gasteiger partial charge in [-0.25, -0.2) is 4.79 Å². The Hall–Kier alpha value is -0.630. The number of carbonyl (C=O) groups is 1. The van der Waals surface area contributed by atoms with Crippen molar-refractivity contribution in [2.75, 3.05) is 19.8 Å². The van der Waals surface area contributed by atoms with Crippen LogP contribution in [0.25, 0.3) is 0 Å². The molecule has 0 amide bonds. The second kappa shape index (κ2) is 9.40. The predicted octanol–water partition coefficient (Wildman–Crippen LogP) is 3.47. The Morgan fingerprint density at radius 2 is 1.90 bits per heavy atom. The Morgan fingerprint density at radius 1 is 1.29 bits per heavy atom. The molecule has 1 rings (SSSR count). The molecule has 0 aliphatic carbocycles. The van der Waals surface area contributed by atoms with Crippen LogP contribution in [0, 0.1) is 0 Å². The number of carboxylic acids is 1. The minimum Gasteiger partial charge on any atom is -0.488 e. The lowest BCUT2D eigenvalue weighted by molar-refractivity contribution is 0.0110. The predicted molar refractivity (Wildman–Crippen MR) is 86.0 cm³/mol. The monoisotopic (exact) mass is 424 g/mol. The summed E-state index contributed by atoms with van der Waals surface area (Å²) >= 11 is 6.52. The number of aromatic carboxylic acids is 1. The van der Waals surface area contributed by atoms with Gasteiger partial charge in [0.2, 0.25) is 0 Å². The molecule has 0 aliphatic heterocycles. The first-order chi connectivity index (χ1) is 9.95. The fourth-order valence-corrected chi connectivity index (χ4v) is 2.93. The quantitative estimate of drug-likeness (QED) is 0.592. The third-order valence-electron chi connectivity index (χ3n) is 2.62. The van der Waals surface area contributed by atoms with Crippen molar-refractivity contribution in [1.82, 2.24) is 0 Å². The van der Waals surface area contributed by atoms with Crippen LogP contribution in [0.4, 0.5) is 0 Å². The molecule has 7 heteroatoms. The summed E-state index contributed by atoms with van der Waals surface area (Å²) in [5.74, 6) is -0.570. The topological polar surface area (TPSA) is 76.0 Å². The number of carboxylic acid groups (broad SMARTS) is 1. The number of aliphatic hydroxyl groups is 1. The van der Waals surface area contributed by atoms with Crippen LogP contribution in [0.3, 0.4) is 0 Å². The summed E-state index contributed by atoms with van der Waals surface area (Å²) in [7, 11) is 0. The van der Waals surface area contributed by atoms with Crippen molar-refractivity contribution in [1.29, 1.82) is 0 Å². The van der Waals surface area contributed by atoms with E-state index in [2.05, 4.69) is 38.8 Å². The van der Waals surface area contributed by atoms with E-state index >= 15 is 0 Å². The molecule has 0 spiro atoms. The van der Waals surface area contributed by atoms with Gasteiger partial charge in [-0.15, -0.1) is 0 Å². The minimum absolute atomic E-state index is 0.0652. The van der Waals surface area contributed by atoms with Gasteiger partial charge in [-0.2, -0.15) is 0 Å². The first-order valence-corrected chi connectivity index (χ1v) is 8.15. The molecule has 0 saturated heterocycles. The molecule has 5 nitrogen and oxygen atoms in total. The van der Waals surface area contributed by atoms with Crippen molar-refractivity contribution < 1.29 is 24.5 Å². The van der Waals surface area contributed by atoms with Crippen molar-refractivity contribution in [3.63, 3.8) is 0 Å². The Labute approximate surface area is 140 Å². The van der Waals surface area contributed by atoms with Gasteiger partial charge in [0.05, 0.1) is 21.1 Å². The SMILES string of the molecule is CCCCOCC(O)COc1c(Br)cc(C(=O)O)cc1Br. The largest absolute Gasteiger partial charge is 0.488 e. The maximum atomic E-state index is 10.9. The highest BCUT2D eigenvalue weighted by Crippen LogP contribution is 2.34. The Morgan fingerprint density at radius 3 is 2.43 bits per heavy atom. The molecule has 2 N–H and O–H groups in total. The molecule has 118 valence electrons. The van der Waals surface area contributed by atoms with E-state index in [-0.39, 0.29) is 18.8 Å². The third-order valence-corrected chi connectivity index (χ3v) is 3.80. The molecular weight excluding hydrogens is 408 g/mol. The zero-order valence-corrected chi connectivity index (χ0v) is 14.8. The first kappa shape index (κ1) is 18.4. The standard InChI is InChI=1S/C14H18Br2O5/c1-2-3-4-20-7-10(17)8-21-13-11(15)5-9(14(18)19)6-12(13)16/h5-6,10,17H,2-4,7-8H2,1H3,(H,18,19). The van der Waals surface area contributed by atoms with E-state index in [1.807, 2.05) is 0 Å². The molecule has 21 heavy (non-hydrogen) atoms. The van der Waals surface area contributed by atoms with E-state index in [4.69, 9.17) is 14.6 Å². The Balaban J connectivity index is 2.53. The van der Waals surface area contributed by atoms with Crippen molar-refractivity contribution in [3.05, 3.63) is 26.6 Å². The van der Waals surface area contributed by atoms with Gasteiger partial charge in [0.1, 0.15) is 18.5 Å². The van der Waals surface area contributed by atoms with Crippen LogP contribution in [0.1, 0.15) is 30.1 Å². The van der Waals surface area contributed by atoms with E-state index in [0.717, 1.165) is 12.8 Å². The minimum atomic E-state index is -1.02. The average Bonchev–Trinajstić information content (AvgIpc) is 2.42. The van der Waals surface area contributed by atoms with Crippen LogP contribution in [0.2, 0.25) is 0 Å². The molecule has 0 saturated carbocycles. The van der Waals surface area contributed by atoms with Gasteiger partial charge in [0, 0.05) is 6.61 Å². The highest BCUT2D eigenvalue weighted by molar-refractivity contribution is 9.11. The molecule has 1 aromatic rings. The third kappa shape index (κ3) is 6.34. The molecule has 0 fully saturated rings. The normalized spacial score (nSPS) is 12.2. The van der Waals surface area contributed by atoms with Gasteiger partial charge < -0.3 is 19.7 Å². The van der Waals surface area contributed by atoms with Crippen molar-refractivity contribution >= 4 is 37.8 Å². The van der Waals surface area contributed by atoms with Gasteiger partial charge in [-0.3, -0.25) is 0 Å². The summed E-state index contributed by atoms with van der Waals surface area (Å²) in [6.07, 6.45) is 1.27. The van der Waals surface area contributed by atoms with Crippen LogP contribution in [0.15, 0.2) is 21.1 Å². The van der Waals surface area contributed by atoms with Crippen LogP contribution >= 0.6 is 31.9 Å². The zero-order valence-electron chi connectivity index (χ0n) is 11.6. The van der Waals surface area contributed by atoms with E-state index in [0.29, 0.717) is 21.3 Å². The number of halogens is 2. The zero-order chi connectivity index (χ0) is 15.8. The molecular formula is C14H18Br2O5. The number of rotatable bonds is 9. The maximum absolute atomic E-state index is 10.9. The maximum Gasteiger partial charge on any atom is 0.335 e. The molecule has 1 unspecified atom stereocenters. The second-order valence-electron chi connectivity index (χ2n) is 4.47. The Kier molecular flexibility index (Phi) is 8.24. The summed E-state index contributed by atoms with van der Waals surface area (Å²) in [5, 5.41) is 18.7. The summed E-state index contributed by atoms with van der Waals surface area (Å²) < 4.78 is 11.8. The van der Waals surface area contributed by atoms with E-state index in [1.54, 1.807) is 0 Å². The molecule has 0 aliphatic rings. The molecule has 0 radical (unpaired) electrons. The van der Waals surface area contributed by atoms with Crippen LogP contribution < -0.4 is 4.74 Å². The van der Waals surface area contributed by atoms with Crippen molar-refractivity contribution in [3.8, 4) is 5.75 Å². The summed E-state index contributed by atoms with van der Waals surface area (Å²) in [5.41, 5.74) is 0.143. The van der Waals surface area contributed by atoms with E-state index in [1.165, 1.54) is 12.1 Å². The summed E-state index contributed by atoms with van der Waals surface area (Å²) in [4.78, 5) is 10.9. The number of hydrogen-bond donors (Lipinski definition) is 2. The van der Waals surface area contributed by atoms with Gasteiger partial charge in [-0.05, 0) is 50.4 Å². The highest BCUT2D eigenvalue weighted by atomic mass is 79.9. The highest BCUT2D eigenvalue weighted by Gasteiger charge is 2.14. The van der Waals surface area contributed by atoms with E-state index < -0.39 is 12.1 Å². The van der Waals surface area contributed by atoms with Crippen LogP contribution in [-0.2, 0) is 4.74 Å². The lowest BCUT2D eigenvalue weighted by atomic mass is 10.2. The number of aliphatic hydroxyl groups excluding tert-OH is 1. The van der Waals surface area contributed by atoms with Crippen molar-refractivity contribution in [2.45, 2.75) is 25.9 Å². The molecule has 1 aromatic carbocycles. The lowest BCUT2D eigenvalue weighted by Gasteiger charge is -2.15. The number of ether oxygens (including phenoxy) is 2. The van der Waals surface area contributed by atoms with E-state index in [9.17, 15) is 9.90 Å². The number of unbranched alkanes of at least 4 members (excludes halogenated alkanes) is 1. The van der Waals surface area contributed by atoms with Crippen LogP contribution in [0.5, 0.6) is 5.75 Å². The number of hydrogen-bond acceptors (Lipinski definition) is 4. The average molecular weight is 426 g/mol. The van der Waals surface area contributed by atoms with Gasteiger partial charge in [-0.1, -0.05) is 13.3 Å². The number of benzene rings is 1. The first-order valence-electron chi connectivity index (χ1n) is 6.56. The molecule has 0 bridgehead atoms. The van der Waals surface area contributed by atoms with Crippen molar-refractivity contribution in [2.24, 2.45) is 0 Å². The lowest BCUT2D eigenvalue weighted by Crippen LogP contribution is -2.24.